The molecular weight excluding hydrogens is 308 g/mol. The van der Waals surface area contributed by atoms with Crippen molar-refractivity contribution in [2.75, 3.05) is 31.7 Å². The lowest BCUT2D eigenvalue weighted by atomic mass is 10.1. The van der Waals surface area contributed by atoms with Crippen molar-refractivity contribution in [3.8, 4) is 5.75 Å². The molecule has 0 aliphatic carbocycles. The zero-order valence-electron chi connectivity index (χ0n) is 12.4. The molecule has 1 aromatic rings. The number of methoxy groups -OCH3 is 1. The van der Waals surface area contributed by atoms with Gasteiger partial charge in [0.15, 0.2) is 0 Å². The number of benzene rings is 1. The molecule has 1 aliphatic rings. The van der Waals surface area contributed by atoms with Gasteiger partial charge in [-0.1, -0.05) is 0 Å². The molecule has 1 unspecified atom stereocenters. The molecule has 1 saturated heterocycles. The maximum Gasteiger partial charge on any atom is 0.243 e. The molecule has 1 fully saturated rings. The Morgan fingerprint density at radius 2 is 2.24 bits per heavy atom. The Bertz CT molecular complexity index is 590. The quantitative estimate of drug-likeness (QED) is 0.881. The van der Waals surface area contributed by atoms with Crippen molar-refractivity contribution in [3.63, 3.8) is 0 Å². The monoisotopic (exact) mass is 330 g/mol. The lowest BCUT2D eigenvalue weighted by Gasteiger charge is -2.32. The maximum absolute atomic E-state index is 12.9. The molecule has 1 atom stereocenters. The van der Waals surface area contributed by atoms with Gasteiger partial charge in [-0.25, -0.2) is 8.42 Å². The lowest BCUT2D eigenvalue weighted by Crippen LogP contribution is -2.44. The minimum absolute atomic E-state index is 0.0154. The van der Waals surface area contributed by atoms with Gasteiger partial charge >= 0.3 is 0 Å². The summed E-state index contributed by atoms with van der Waals surface area (Å²) in [6, 6.07) is 5.11. The van der Waals surface area contributed by atoms with Crippen molar-refractivity contribution < 1.29 is 13.2 Å². The molecule has 0 amide bonds. The van der Waals surface area contributed by atoms with Gasteiger partial charge in [-0.3, -0.25) is 0 Å². The number of hydrogen-bond donors (Lipinski definition) is 1. The van der Waals surface area contributed by atoms with E-state index in [0.29, 0.717) is 30.2 Å². The third-order valence-electron chi connectivity index (χ3n) is 3.57. The van der Waals surface area contributed by atoms with Gasteiger partial charge in [0.2, 0.25) is 10.0 Å². The van der Waals surface area contributed by atoms with Gasteiger partial charge in [0.1, 0.15) is 5.75 Å². The van der Waals surface area contributed by atoms with Crippen molar-refractivity contribution in [2.45, 2.75) is 24.3 Å². The topological polar surface area (TPSA) is 72.6 Å². The van der Waals surface area contributed by atoms with E-state index in [1.165, 1.54) is 0 Å². The largest absolute Gasteiger partial charge is 0.497 e. The Hall–Kier alpha value is -0.760. The molecule has 1 aromatic carbocycles. The van der Waals surface area contributed by atoms with Crippen LogP contribution < -0.4 is 10.5 Å². The molecule has 0 saturated carbocycles. The average molecular weight is 330 g/mol. The summed E-state index contributed by atoms with van der Waals surface area (Å²) in [6.45, 7) is 2.92. The summed E-state index contributed by atoms with van der Waals surface area (Å²) in [5.41, 5.74) is 6.34. The first-order chi connectivity index (χ1) is 10.0. The number of nitrogens with two attached hydrogens (primary N) is 1. The Morgan fingerprint density at radius 1 is 1.48 bits per heavy atom. The Morgan fingerprint density at radius 3 is 2.86 bits per heavy atom. The van der Waals surface area contributed by atoms with Crippen LogP contribution in [0.15, 0.2) is 23.1 Å². The number of sulfonamides is 1. The van der Waals surface area contributed by atoms with Crippen LogP contribution in [0.5, 0.6) is 5.75 Å². The van der Waals surface area contributed by atoms with Crippen LogP contribution in [0.3, 0.4) is 0 Å². The minimum Gasteiger partial charge on any atom is -0.497 e. The highest BCUT2D eigenvalue weighted by atomic mass is 32.2. The van der Waals surface area contributed by atoms with Crippen LogP contribution in [0.1, 0.15) is 12.5 Å². The summed E-state index contributed by atoms with van der Waals surface area (Å²) in [5.74, 6) is 2.33. The second-order valence-corrected chi connectivity index (χ2v) is 8.06. The van der Waals surface area contributed by atoms with Crippen LogP contribution in [0.25, 0.3) is 0 Å². The fourth-order valence-corrected chi connectivity index (χ4v) is 5.57. The van der Waals surface area contributed by atoms with Crippen LogP contribution in [0, 0.1) is 0 Å². The number of ether oxygens (including phenoxy) is 1. The van der Waals surface area contributed by atoms with Crippen molar-refractivity contribution in [1.29, 1.82) is 0 Å². The second kappa shape index (κ2) is 7.00. The summed E-state index contributed by atoms with van der Waals surface area (Å²) in [7, 11) is -1.91. The van der Waals surface area contributed by atoms with Crippen LogP contribution in [-0.4, -0.2) is 50.5 Å². The van der Waals surface area contributed by atoms with Crippen molar-refractivity contribution in [2.24, 2.45) is 5.73 Å². The molecular formula is C14H22N2O3S2. The highest BCUT2D eigenvalue weighted by Crippen LogP contribution is 2.28. The van der Waals surface area contributed by atoms with E-state index < -0.39 is 10.0 Å². The summed E-state index contributed by atoms with van der Waals surface area (Å²) in [4.78, 5) is 0.354. The summed E-state index contributed by atoms with van der Waals surface area (Å²) in [5, 5.41) is 0. The van der Waals surface area contributed by atoms with Crippen molar-refractivity contribution >= 4 is 21.8 Å². The molecule has 1 aliphatic heterocycles. The Kier molecular flexibility index (Phi) is 5.54. The van der Waals surface area contributed by atoms with Crippen LogP contribution >= 0.6 is 11.8 Å². The van der Waals surface area contributed by atoms with E-state index >= 15 is 0 Å². The number of hydrogen-bond acceptors (Lipinski definition) is 5. The first-order valence-corrected chi connectivity index (χ1v) is 9.56. The number of nitrogens with zero attached hydrogens (tertiary/aromatic N) is 1. The van der Waals surface area contributed by atoms with Gasteiger partial charge in [0.25, 0.3) is 0 Å². The van der Waals surface area contributed by atoms with E-state index in [1.807, 2.05) is 6.92 Å². The molecule has 2 N–H and O–H groups in total. The molecule has 21 heavy (non-hydrogen) atoms. The Labute approximate surface area is 130 Å². The molecule has 0 spiro atoms. The number of rotatable bonds is 5. The molecule has 0 aromatic heterocycles. The zero-order valence-corrected chi connectivity index (χ0v) is 14.0. The molecule has 0 radical (unpaired) electrons. The fraction of sp³-hybridized carbons (Fsp3) is 0.571. The van der Waals surface area contributed by atoms with E-state index in [0.717, 1.165) is 17.1 Å². The predicted molar refractivity (Wildman–Crippen MR) is 86.4 cm³/mol. The molecule has 0 bridgehead atoms. The molecule has 2 rings (SSSR count). The maximum atomic E-state index is 12.9. The van der Waals surface area contributed by atoms with Gasteiger partial charge in [-0.2, -0.15) is 16.1 Å². The summed E-state index contributed by atoms with van der Waals surface area (Å²) in [6.07, 6.45) is 0.517. The van der Waals surface area contributed by atoms with E-state index in [-0.39, 0.29) is 6.04 Å². The highest BCUT2D eigenvalue weighted by molar-refractivity contribution is 7.99. The molecule has 5 nitrogen and oxygen atoms in total. The molecule has 7 heteroatoms. The third-order valence-corrected chi connectivity index (χ3v) is 6.88. The van der Waals surface area contributed by atoms with E-state index in [2.05, 4.69) is 0 Å². The highest BCUT2D eigenvalue weighted by Gasteiger charge is 2.32. The van der Waals surface area contributed by atoms with Gasteiger partial charge in [0.05, 0.1) is 12.0 Å². The minimum atomic E-state index is -3.48. The van der Waals surface area contributed by atoms with Crippen LogP contribution in [-0.2, 0) is 16.4 Å². The fourth-order valence-electron chi connectivity index (χ4n) is 2.48. The first-order valence-electron chi connectivity index (χ1n) is 6.97. The van der Waals surface area contributed by atoms with Crippen LogP contribution in [0.2, 0.25) is 0 Å². The number of thioether (sulfide) groups is 1. The van der Waals surface area contributed by atoms with Gasteiger partial charge in [0, 0.05) is 24.1 Å². The zero-order chi connectivity index (χ0) is 15.5. The SMILES string of the molecule is COc1ccc(S(=O)(=O)N2CCSCC2C)c(CCN)c1. The average Bonchev–Trinajstić information content (AvgIpc) is 2.47. The third kappa shape index (κ3) is 3.53. The van der Waals surface area contributed by atoms with E-state index in [1.54, 1.807) is 41.4 Å². The van der Waals surface area contributed by atoms with Crippen molar-refractivity contribution in [1.82, 2.24) is 4.31 Å². The normalized spacial score (nSPS) is 20.4. The molecule has 1 heterocycles. The van der Waals surface area contributed by atoms with Gasteiger partial charge in [-0.05, 0) is 43.7 Å². The predicted octanol–water partition coefficient (Wildman–Crippen LogP) is 1.32. The summed E-state index contributed by atoms with van der Waals surface area (Å²) < 4.78 is 32.6. The van der Waals surface area contributed by atoms with E-state index in [9.17, 15) is 8.42 Å². The molecule has 118 valence electrons. The van der Waals surface area contributed by atoms with Gasteiger partial charge in [-0.15, -0.1) is 0 Å². The van der Waals surface area contributed by atoms with Crippen LogP contribution in [0.4, 0.5) is 0 Å². The van der Waals surface area contributed by atoms with Crippen molar-refractivity contribution in [3.05, 3.63) is 23.8 Å². The summed E-state index contributed by atoms with van der Waals surface area (Å²) >= 11 is 1.79. The second-order valence-electron chi connectivity index (χ2n) is 5.05. The van der Waals surface area contributed by atoms with Gasteiger partial charge < -0.3 is 10.5 Å². The lowest BCUT2D eigenvalue weighted by molar-refractivity contribution is 0.367. The smallest absolute Gasteiger partial charge is 0.243 e. The first kappa shape index (κ1) is 16.6. The standard InChI is InChI=1S/C14H22N2O3S2/c1-11-10-20-8-7-16(11)21(17,18)14-4-3-13(19-2)9-12(14)5-6-15/h3-4,9,11H,5-8,10,15H2,1-2H3. The van der Waals surface area contributed by atoms with E-state index in [4.69, 9.17) is 10.5 Å². The Balaban J connectivity index is 2.43.